The van der Waals surface area contributed by atoms with Crippen molar-refractivity contribution in [2.75, 3.05) is 18.5 Å². The number of benzene rings is 3. The van der Waals surface area contributed by atoms with Gasteiger partial charge in [-0.15, -0.1) is 0 Å². The topological polar surface area (TPSA) is 97.6 Å². The van der Waals surface area contributed by atoms with Crippen molar-refractivity contribution in [1.29, 1.82) is 0 Å². The number of ether oxygens (including phenoxy) is 1. The van der Waals surface area contributed by atoms with Crippen LogP contribution in [-0.4, -0.2) is 46.7 Å². The summed E-state index contributed by atoms with van der Waals surface area (Å²) in [5.41, 5.74) is 4.60. The summed E-state index contributed by atoms with van der Waals surface area (Å²) < 4.78 is 23.0. The third-order valence-corrected chi connectivity index (χ3v) is 8.14. The molecule has 2 amide bonds. The predicted molar refractivity (Wildman–Crippen MR) is 157 cm³/mol. The predicted octanol–water partition coefficient (Wildman–Crippen LogP) is 5.46. The third kappa shape index (κ3) is 5.00. The summed E-state index contributed by atoms with van der Waals surface area (Å²) in [6, 6.07) is 22.1. The van der Waals surface area contributed by atoms with Gasteiger partial charge in [0.2, 0.25) is 6.17 Å². The van der Waals surface area contributed by atoms with Gasteiger partial charge < -0.3 is 15.4 Å². The Morgan fingerprint density at radius 2 is 1.71 bits per heavy atom. The molecule has 1 aliphatic carbocycles. The average molecular weight is 564 g/mol. The lowest BCUT2D eigenvalue weighted by molar-refractivity contribution is -0.117. The van der Waals surface area contributed by atoms with Crippen molar-refractivity contribution in [3.05, 3.63) is 107 Å². The van der Waals surface area contributed by atoms with Gasteiger partial charge in [0.1, 0.15) is 5.82 Å². The second kappa shape index (κ2) is 11.0. The number of amides is 2. The standard InChI is InChI=1S/C33H30FN5O3/c34-27-18-22(20-10-11-20)12-13-24(27)30-26(19-35-39(30)23-14-16-42-17-15-23)32(40)38-31-33(41)36-28-9-5-4-8-25(28)29(37-31)21-6-2-1-3-7-21/h1-9,12-13,18-20,23,31H,10-11,14-17H2,(H,36,41)(H,38,40)/t31-/m1/s1. The van der Waals surface area contributed by atoms with E-state index in [4.69, 9.17) is 9.73 Å². The van der Waals surface area contributed by atoms with E-state index >= 15 is 4.39 Å². The van der Waals surface area contributed by atoms with Gasteiger partial charge in [-0.2, -0.15) is 5.10 Å². The third-order valence-electron chi connectivity index (χ3n) is 8.14. The number of rotatable bonds is 6. The number of nitrogens with zero attached hydrogens (tertiary/aromatic N) is 3. The highest BCUT2D eigenvalue weighted by molar-refractivity contribution is 6.20. The Balaban J connectivity index is 1.27. The van der Waals surface area contributed by atoms with Gasteiger partial charge in [0.05, 0.1) is 34.9 Å². The van der Waals surface area contributed by atoms with E-state index < -0.39 is 23.8 Å². The molecule has 3 heterocycles. The first-order chi connectivity index (χ1) is 20.6. The Kier molecular flexibility index (Phi) is 6.87. The zero-order valence-electron chi connectivity index (χ0n) is 22.9. The molecule has 0 bridgehead atoms. The molecule has 2 fully saturated rings. The minimum Gasteiger partial charge on any atom is -0.381 e. The number of anilines is 1. The number of halogens is 1. The summed E-state index contributed by atoms with van der Waals surface area (Å²) in [6.07, 6.45) is 3.76. The lowest BCUT2D eigenvalue weighted by Gasteiger charge is -2.25. The fourth-order valence-corrected chi connectivity index (χ4v) is 5.78. The van der Waals surface area contributed by atoms with E-state index in [0.717, 1.165) is 29.5 Å². The Bertz CT molecular complexity index is 1690. The van der Waals surface area contributed by atoms with Crippen molar-refractivity contribution in [2.45, 2.75) is 43.8 Å². The van der Waals surface area contributed by atoms with E-state index in [1.54, 1.807) is 22.9 Å². The van der Waals surface area contributed by atoms with Crippen molar-refractivity contribution in [2.24, 2.45) is 4.99 Å². The molecule has 3 aliphatic rings. The minimum atomic E-state index is -1.22. The van der Waals surface area contributed by atoms with Crippen LogP contribution >= 0.6 is 0 Å². The van der Waals surface area contributed by atoms with Crippen LogP contribution in [0.25, 0.3) is 11.3 Å². The van der Waals surface area contributed by atoms with Crippen molar-refractivity contribution in [3.8, 4) is 11.3 Å². The van der Waals surface area contributed by atoms with E-state index in [9.17, 15) is 9.59 Å². The van der Waals surface area contributed by atoms with Crippen LogP contribution in [0.1, 0.15) is 64.7 Å². The smallest absolute Gasteiger partial charge is 0.269 e. The van der Waals surface area contributed by atoms with E-state index in [0.29, 0.717) is 54.6 Å². The molecule has 1 saturated carbocycles. The molecule has 2 aliphatic heterocycles. The number of carbonyl (C=O) groups excluding carboxylic acids is 2. The molecule has 1 saturated heterocycles. The van der Waals surface area contributed by atoms with Crippen LogP contribution in [0.2, 0.25) is 0 Å². The molecule has 9 heteroatoms. The summed E-state index contributed by atoms with van der Waals surface area (Å²) in [5, 5.41) is 10.3. The van der Waals surface area contributed by atoms with Gasteiger partial charge in [-0.3, -0.25) is 14.3 Å². The molecule has 0 radical (unpaired) electrons. The van der Waals surface area contributed by atoms with Crippen LogP contribution in [-0.2, 0) is 9.53 Å². The molecule has 3 aromatic carbocycles. The molecule has 7 rings (SSSR count). The summed E-state index contributed by atoms with van der Waals surface area (Å²) in [7, 11) is 0. The maximum Gasteiger partial charge on any atom is 0.269 e. The van der Waals surface area contributed by atoms with Crippen molar-refractivity contribution in [3.63, 3.8) is 0 Å². The summed E-state index contributed by atoms with van der Waals surface area (Å²) in [6.45, 7) is 1.13. The first-order valence-corrected chi connectivity index (χ1v) is 14.4. The number of carbonyl (C=O) groups is 2. The molecule has 8 nitrogen and oxygen atoms in total. The first kappa shape index (κ1) is 26.3. The van der Waals surface area contributed by atoms with E-state index in [1.807, 2.05) is 54.6 Å². The second-order valence-electron chi connectivity index (χ2n) is 11.0. The Morgan fingerprint density at radius 1 is 0.952 bits per heavy atom. The molecule has 0 unspecified atom stereocenters. The second-order valence-corrected chi connectivity index (χ2v) is 11.0. The average Bonchev–Trinajstić information content (AvgIpc) is 3.80. The molecule has 212 valence electrons. The number of hydrogen-bond acceptors (Lipinski definition) is 5. The maximum atomic E-state index is 15.7. The Morgan fingerprint density at radius 3 is 2.48 bits per heavy atom. The van der Waals surface area contributed by atoms with E-state index in [2.05, 4.69) is 15.7 Å². The van der Waals surface area contributed by atoms with Crippen molar-refractivity contribution in [1.82, 2.24) is 15.1 Å². The number of aliphatic imine (C=N–C) groups is 1. The number of para-hydroxylation sites is 1. The quantitative estimate of drug-likeness (QED) is 0.325. The molecule has 1 aromatic heterocycles. The highest BCUT2D eigenvalue weighted by atomic mass is 19.1. The van der Waals surface area contributed by atoms with Gasteiger partial charge in [-0.25, -0.2) is 9.38 Å². The van der Waals surface area contributed by atoms with Crippen LogP contribution in [0.3, 0.4) is 0 Å². The van der Waals surface area contributed by atoms with Crippen molar-refractivity contribution >= 4 is 23.2 Å². The number of hydrogen-bond donors (Lipinski definition) is 2. The summed E-state index contributed by atoms with van der Waals surface area (Å²) in [4.78, 5) is 32.0. The SMILES string of the molecule is O=C(N[C@H]1N=C(c2ccccc2)c2ccccc2NC1=O)c1cnn(C2CCOCC2)c1-c1ccc(C2CC2)cc1F. The van der Waals surface area contributed by atoms with Gasteiger partial charge in [0.25, 0.3) is 11.8 Å². The first-order valence-electron chi connectivity index (χ1n) is 14.4. The lowest BCUT2D eigenvalue weighted by atomic mass is 10.0. The van der Waals surface area contributed by atoms with Crippen LogP contribution in [0.15, 0.2) is 84.0 Å². The fraction of sp³-hybridized carbons (Fsp3) is 0.273. The van der Waals surface area contributed by atoms with Gasteiger partial charge in [-0.1, -0.05) is 54.6 Å². The monoisotopic (exact) mass is 563 g/mol. The molecule has 2 N–H and O–H groups in total. The number of nitrogens with one attached hydrogen (secondary N) is 2. The highest BCUT2D eigenvalue weighted by Crippen LogP contribution is 2.42. The Hall–Kier alpha value is -4.63. The molecular formula is C33H30FN5O3. The van der Waals surface area contributed by atoms with Crippen LogP contribution in [0, 0.1) is 5.82 Å². The number of aromatic nitrogens is 2. The van der Waals surface area contributed by atoms with E-state index in [-0.39, 0.29) is 11.6 Å². The largest absolute Gasteiger partial charge is 0.381 e. The van der Waals surface area contributed by atoms with Crippen LogP contribution in [0.4, 0.5) is 10.1 Å². The molecule has 0 spiro atoms. The molecule has 1 atom stereocenters. The number of fused-ring (bicyclic) bond motifs is 1. The van der Waals surface area contributed by atoms with Gasteiger partial charge in [-0.05, 0) is 55.4 Å². The lowest BCUT2D eigenvalue weighted by Crippen LogP contribution is -2.42. The maximum absolute atomic E-state index is 15.7. The number of benzodiazepines with no additional fused rings is 1. The van der Waals surface area contributed by atoms with E-state index in [1.165, 1.54) is 6.20 Å². The zero-order valence-corrected chi connectivity index (χ0v) is 22.9. The van der Waals surface area contributed by atoms with Gasteiger partial charge in [0.15, 0.2) is 0 Å². The van der Waals surface area contributed by atoms with Gasteiger partial charge >= 0.3 is 0 Å². The normalized spacial score (nSPS) is 18.9. The van der Waals surface area contributed by atoms with Gasteiger partial charge in [0, 0.05) is 29.9 Å². The molecular weight excluding hydrogens is 533 g/mol. The molecule has 4 aromatic rings. The highest BCUT2D eigenvalue weighted by Gasteiger charge is 2.32. The molecule has 42 heavy (non-hydrogen) atoms. The minimum absolute atomic E-state index is 0.0452. The van der Waals surface area contributed by atoms with Crippen LogP contribution < -0.4 is 10.6 Å². The van der Waals surface area contributed by atoms with Crippen molar-refractivity contribution < 1.29 is 18.7 Å². The zero-order chi connectivity index (χ0) is 28.6. The Labute approximate surface area is 242 Å². The summed E-state index contributed by atoms with van der Waals surface area (Å²) >= 11 is 0. The fourth-order valence-electron chi connectivity index (χ4n) is 5.78. The summed E-state index contributed by atoms with van der Waals surface area (Å²) in [5.74, 6) is -1.03. The van der Waals surface area contributed by atoms with Crippen LogP contribution in [0.5, 0.6) is 0 Å².